The number of carbonyl (C=O) groups excluding carboxylic acids is 1. The maximum atomic E-state index is 11.2. The Morgan fingerprint density at radius 1 is 1.60 bits per heavy atom. The minimum Gasteiger partial charge on any atom is -0.450 e. The molecular weight excluding hydrogens is 194 g/mol. The molecule has 0 bridgehead atoms. The number of pyridine rings is 1. The molecular formula is C10H15N3O2. The van der Waals surface area contributed by atoms with Crippen molar-refractivity contribution in [3.8, 4) is 0 Å². The van der Waals surface area contributed by atoms with Crippen molar-refractivity contribution in [1.29, 1.82) is 0 Å². The largest absolute Gasteiger partial charge is 0.450 e. The fraction of sp³-hybridized carbons (Fsp3) is 0.400. The molecule has 1 rings (SSSR count). The zero-order valence-electron chi connectivity index (χ0n) is 9.15. The van der Waals surface area contributed by atoms with Gasteiger partial charge in [0.25, 0.3) is 0 Å². The quantitative estimate of drug-likeness (QED) is 0.823. The summed E-state index contributed by atoms with van der Waals surface area (Å²) in [6, 6.07) is 3.54. The highest BCUT2D eigenvalue weighted by Gasteiger charge is 2.08. The molecule has 0 fully saturated rings. The molecule has 0 aliphatic rings. The predicted octanol–water partition coefficient (Wildman–Crippen LogP) is 1.72. The van der Waals surface area contributed by atoms with Gasteiger partial charge < -0.3 is 9.64 Å². The molecule has 1 N–H and O–H groups in total. The smallest absolute Gasteiger partial charge is 0.411 e. The highest BCUT2D eigenvalue weighted by Crippen LogP contribution is 2.20. The molecule has 0 aromatic carbocycles. The maximum Gasteiger partial charge on any atom is 0.411 e. The van der Waals surface area contributed by atoms with E-state index in [2.05, 4.69) is 10.3 Å². The summed E-state index contributed by atoms with van der Waals surface area (Å²) >= 11 is 0. The maximum absolute atomic E-state index is 11.2. The lowest BCUT2D eigenvalue weighted by Gasteiger charge is -2.15. The summed E-state index contributed by atoms with van der Waals surface area (Å²) in [6.45, 7) is 2.11. The van der Waals surface area contributed by atoms with Crippen molar-refractivity contribution in [3.63, 3.8) is 0 Å². The number of nitrogens with zero attached hydrogens (tertiary/aromatic N) is 2. The van der Waals surface area contributed by atoms with E-state index >= 15 is 0 Å². The second-order valence-electron chi connectivity index (χ2n) is 3.11. The van der Waals surface area contributed by atoms with Gasteiger partial charge in [-0.3, -0.25) is 5.32 Å². The van der Waals surface area contributed by atoms with Crippen LogP contribution in [0.15, 0.2) is 18.3 Å². The summed E-state index contributed by atoms with van der Waals surface area (Å²) in [7, 11) is 3.72. The molecule has 0 unspecified atom stereocenters. The Labute approximate surface area is 89.1 Å². The summed E-state index contributed by atoms with van der Waals surface area (Å²) in [5, 5.41) is 2.63. The third-order valence-electron chi connectivity index (χ3n) is 1.72. The van der Waals surface area contributed by atoms with Crippen LogP contribution in [0, 0.1) is 0 Å². The zero-order chi connectivity index (χ0) is 11.3. The van der Waals surface area contributed by atoms with Crippen LogP contribution < -0.4 is 10.2 Å². The van der Waals surface area contributed by atoms with Crippen LogP contribution in [0.25, 0.3) is 0 Å². The molecule has 0 atom stereocenters. The Morgan fingerprint density at radius 3 is 2.93 bits per heavy atom. The van der Waals surface area contributed by atoms with Crippen molar-refractivity contribution < 1.29 is 9.53 Å². The van der Waals surface area contributed by atoms with Gasteiger partial charge in [0.05, 0.1) is 12.3 Å². The van der Waals surface area contributed by atoms with E-state index in [-0.39, 0.29) is 0 Å². The van der Waals surface area contributed by atoms with Crippen molar-refractivity contribution in [3.05, 3.63) is 18.3 Å². The van der Waals surface area contributed by atoms with Gasteiger partial charge in [0.15, 0.2) is 5.82 Å². The molecule has 5 nitrogen and oxygen atoms in total. The minimum atomic E-state index is -0.464. The minimum absolute atomic E-state index is 0.351. The number of nitrogens with one attached hydrogen (secondary N) is 1. The first kappa shape index (κ1) is 11.3. The van der Waals surface area contributed by atoms with E-state index in [9.17, 15) is 4.79 Å². The second kappa shape index (κ2) is 5.19. The molecule has 0 radical (unpaired) electrons. The lowest BCUT2D eigenvalue weighted by Crippen LogP contribution is -2.18. The van der Waals surface area contributed by atoms with Gasteiger partial charge in [-0.25, -0.2) is 9.78 Å². The first-order chi connectivity index (χ1) is 7.15. The average molecular weight is 209 g/mol. The van der Waals surface area contributed by atoms with Gasteiger partial charge in [-0.05, 0) is 19.1 Å². The van der Waals surface area contributed by atoms with Crippen LogP contribution in [-0.2, 0) is 4.74 Å². The van der Waals surface area contributed by atoms with E-state index in [1.54, 1.807) is 25.3 Å². The first-order valence-corrected chi connectivity index (χ1v) is 4.71. The number of hydrogen-bond donors (Lipinski definition) is 1. The molecule has 5 heteroatoms. The van der Waals surface area contributed by atoms with E-state index in [0.717, 1.165) is 0 Å². The Bertz CT molecular complexity index is 339. The third-order valence-corrected chi connectivity index (χ3v) is 1.72. The normalized spacial score (nSPS) is 9.53. The monoisotopic (exact) mass is 209 g/mol. The number of aromatic nitrogens is 1. The lowest BCUT2D eigenvalue weighted by atomic mass is 10.3. The van der Waals surface area contributed by atoms with Gasteiger partial charge in [0, 0.05) is 20.3 Å². The van der Waals surface area contributed by atoms with E-state index in [1.807, 2.05) is 19.0 Å². The number of anilines is 2. The Morgan fingerprint density at radius 2 is 2.33 bits per heavy atom. The second-order valence-corrected chi connectivity index (χ2v) is 3.11. The summed E-state index contributed by atoms with van der Waals surface area (Å²) in [5.74, 6) is 0.700. The summed E-state index contributed by atoms with van der Waals surface area (Å²) < 4.78 is 4.78. The van der Waals surface area contributed by atoms with Gasteiger partial charge >= 0.3 is 6.09 Å². The van der Waals surface area contributed by atoms with Crippen LogP contribution >= 0.6 is 0 Å². The van der Waals surface area contributed by atoms with Crippen molar-refractivity contribution in [2.24, 2.45) is 0 Å². The fourth-order valence-electron chi connectivity index (χ4n) is 1.13. The van der Waals surface area contributed by atoms with Crippen LogP contribution in [0.4, 0.5) is 16.3 Å². The van der Waals surface area contributed by atoms with E-state index in [4.69, 9.17) is 4.74 Å². The molecule has 1 aromatic heterocycles. The number of amides is 1. The molecule has 0 saturated heterocycles. The molecule has 82 valence electrons. The van der Waals surface area contributed by atoms with Gasteiger partial charge in [0.2, 0.25) is 0 Å². The molecule has 0 spiro atoms. The van der Waals surface area contributed by atoms with Gasteiger partial charge in [0.1, 0.15) is 0 Å². The first-order valence-electron chi connectivity index (χ1n) is 4.71. The molecule has 0 aliphatic carbocycles. The van der Waals surface area contributed by atoms with Crippen LogP contribution in [0.2, 0.25) is 0 Å². The standard InChI is InChI=1S/C10H15N3O2/c1-4-15-10(14)12-8-6-5-7-11-9(8)13(2)3/h5-7H,4H2,1-3H3,(H,12,14). The highest BCUT2D eigenvalue weighted by molar-refractivity contribution is 5.88. The van der Waals surface area contributed by atoms with Crippen LogP contribution in [-0.4, -0.2) is 31.8 Å². The van der Waals surface area contributed by atoms with Crippen molar-refractivity contribution in [1.82, 2.24) is 4.98 Å². The number of hydrogen-bond acceptors (Lipinski definition) is 4. The summed E-state index contributed by atoms with van der Waals surface area (Å²) in [5.41, 5.74) is 0.640. The zero-order valence-corrected chi connectivity index (χ0v) is 9.15. The number of rotatable bonds is 3. The third kappa shape index (κ3) is 3.12. The Kier molecular flexibility index (Phi) is 3.91. The highest BCUT2D eigenvalue weighted by atomic mass is 16.5. The summed E-state index contributed by atoms with van der Waals surface area (Å²) in [4.78, 5) is 17.2. The Hall–Kier alpha value is -1.78. The topological polar surface area (TPSA) is 54.5 Å². The van der Waals surface area contributed by atoms with Gasteiger partial charge in [-0.15, -0.1) is 0 Å². The molecule has 0 saturated carbocycles. The van der Waals surface area contributed by atoms with Gasteiger partial charge in [-0.1, -0.05) is 0 Å². The molecule has 15 heavy (non-hydrogen) atoms. The van der Waals surface area contributed by atoms with E-state index in [1.165, 1.54) is 0 Å². The van der Waals surface area contributed by atoms with Crippen molar-refractivity contribution in [2.75, 3.05) is 30.9 Å². The number of carbonyl (C=O) groups is 1. The summed E-state index contributed by atoms with van der Waals surface area (Å²) in [6.07, 6.45) is 1.21. The SMILES string of the molecule is CCOC(=O)Nc1cccnc1N(C)C. The lowest BCUT2D eigenvalue weighted by molar-refractivity contribution is 0.168. The number of ether oxygens (including phenoxy) is 1. The van der Waals surface area contributed by atoms with Crippen molar-refractivity contribution in [2.45, 2.75) is 6.92 Å². The Balaban J connectivity index is 2.80. The molecule has 0 aliphatic heterocycles. The van der Waals surface area contributed by atoms with Crippen LogP contribution in [0.3, 0.4) is 0 Å². The van der Waals surface area contributed by atoms with Crippen LogP contribution in [0.1, 0.15) is 6.92 Å². The van der Waals surface area contributed by atoms with E-state index in [0.29, 0.717) is 18.1 Å². The fourth-order valence-corrected chi connectivity index (χ4v) is 1.13. The molecule has 1 heterocycles. The van der Waals surface area contributed by atoms with Crippen molar-refractivity contribution >= 4 is 17.6 Å². The average Bonchev–Trinajstić information content (AvgIpc) is 2.18. The van der Waals surface area contributed by atoms with Crippen LogP contribution in [0.5, 0.6) is 0 Å². The van der Waals surface area contributed by atoms with E-state index < -0.39 is 6.09 Å². The van der Waals surface area contributed by atoms with Gasteiger partial charge in [-0.2, -0.15) is 0 Å². The molecule has 1 amide bonds. The predicted molar refractivity (Wildman–Crippen MR) is 59.2 cm³/mol. The molecule has 1 aromatic rings.